The lowest BCUT2D eigenvalue weighted by Gasteiger charge is -2.08. The Hall–Kier alpha value is -3.17. The van der Waals surface area contributed by atoms with Crippen LogP contribution in [0.15, 0.2) is 46.0 Å². The van der Waals surface area contributed by atoms with Gasteiger partial charge in [0.15, 0.2) is 0 Å². The molecule has 1 aliphatic rings. The maximum Gasteiger partial charge on any atom is 0.339 e. The number of pyridine rings is 1. The number of carbonyl (C=O) groups is 2. The third-order valence-corrected chi connectivity index (χ3v) is 5.26. The highest BCUT2D eigenvalue weighted by atomic mass is 32.2. The van der Waals surface area contributed by atoms with Gasteiger partial charge < -0.3 is 19.6 Å². The van der Waals surface area contributed by atoms with Crippen molar-refractivity contribution < 1.29 is 23.8 Å². The maximum absolute atomic E-state index is 11.8. The molecule has 3 aromatic rings. The molecule has 140 valence electrons. The Labute approximate surface area is 168 Å². The minimum absolute atomic E-state index is 0.0662. The van der Waals surface area contributed by atoms with Gasteiger partial charge in [-0.15, -0.1) is 0 Å². The summed E-state index contributed by atoms with van der Waals surface area (Å²) in [4.78, 5) is 27.8. The molecule has 1 amide bonds. The highest BCUT2D eigenvalue weighted by Crippen LogP contribution is 2.34. The molecular weight excluding hydrogens is 400 g/mol. The fourth-order valence-electron chi connectivity index (χ4n) is 2.84. The van der Waals surface area contributed by atoms with Gasteiger partial charge in [-0.1, -0.05) is 30.0 Å². The standard InChI is InChI=1S/C19H12N2O5S2/c1-25-14-5-9(2-3-12(14)18(23)24)13-8-20-7-10-4-11(26-16(10)13)6-15-17(22)21-19(27)28-15/h2-8H,1H3,(H,23,24)(H,21,22,27)/b15-6+. The molecule has 1 aromatic carbocycles. The number of carboxylic acids is 1. The largest absolute Gasteiger partial charge is 0.496 e. The number of fused-ring (bicyclic) bond motifs is 1. The number of carboxylic acid groups (broad SMARTS) is 1. The Morgan fingerprint density at radius 2 is 2.18 bits per heavy atom. The number of aromatic nitrogens is 1. The molecule has 0 radical (unpaired) electrons. The number of benzene rings is 1. The Bertz CT molecular complexity index is 1180. The van der Waals surface area contributed by atoms with Crippen molar-refractivity contribution in [3.63, 3.8) is 0 Å². The molecule has 3 heterocycles. The average Bonchev–Trinajstić information content (AvgIpc) is 3.22. The van der Waals surface area contributed by atoms with Crippen LogP contribution in [0.1, 0.15) is 16.1 Å². The van der Waals surface area contributed by atoms with E-state index in [0.29, 0.717) is 31.7 Å². The number of aromatic carboxylic acids is 1. The van der Waals surface area contributed by atoms with E-state index in [9.17, 15) is 14.7 Å². The quantitative estimate of drug-likeness (QED) is 0.494. The summed E-state index contributed by atoms with van der Waals surface area (Å²) in [5, 5.41) is 12.6. The molecule has 1 saturated heterocycles. The van der Waals surface area contributed by atoms with Crippen molar-refractivity contribution >= 4 is 57.2 Å². The molecule has 1 aliphatic heterocycles. The zero-order valence-electron chi connectivity index (χ0n) is 14.4. The van der Waals surface area contributed by atoms with Gasteiger partial charge in [-0.2, -0.15) is 0 Å². The van der Waals surface area contributed by atoms with Gasteiger partial charge in [-0.3, -0.25) is 9.78 Å². The molecule has 0 unspecified atom stereocenters. The molecule has 4 rings (SSSR count). The molecule has 1 fully saturated rings. The van der Waals surface area contributed by atoms with Gasteiger partial charge in [0.05, 0.1) is 12.0 Å². The lowest BCUT2D eigenvalue weighted by Crippen LogP contribution is -2.17. The average molecular weight is 412 g/mol. The van der Waals surface area contributed by atoms with Gasteiger partial charge in [0, 0.05) is 29.4 Å². The first-order valence-corrected chi connectivity index (χ1v) is 9.23. The number of rotatable bonds is 4. The van der Waals surface area contributed by atoms with Crippen molar-refractivity contribution in [2.45, 2.75) is 0 Å². The molecule has 28 heavy (non-hydrogen) atoms. The van der Waals surface area contributed by atoms with Crippen LogP contribution < -0.4 is 10.1 Å². The summed E-state index contributed by atoms with van der Waals surface area (Å²) in [6.07, 6.45) is 4.90. The van der Waals surface area contributed by atoms with Gasteiger partial charge >= 0.3 is 5.97 Å². The molecule has 0 spiro atoms. The molecule has 2 aromatic heterocycles. The topological polar surface area (TPSA) is 102 Å². The van der Waals surface area contributed by atoms with E-state index >= 15 is 0 Å². The van der Waals surface area contributed by atoms with Crippen LogP contribution in [-0.4, -0.2) is 33.4 Å². The van der Waals surface area contributed by atoms with Crippen LogP contribution in [0.4, 0.5) is 0 Å². The number of methoxy groups -OCH3 is 1. The lowest BCUT2D eigenvalue weighted by atomic mass is 10.0. The molecular formula is C19H12N2O5S2. The van der Waals surface area contributed by atoms with Gasteiger partial charge in [-0.05, 0) is 23.8 Å². The first kappa shape index (κ1) is 18.2. The number of nitrogens with zero attached hydrogens (tertiary/aromatic N) is 1. The summed E-state index contributed by atoms with van der Waals surface area (Å²) in [5.41, 5.74) is 2.01. The van der Waals surface area contributed by atoms with Crippen LogP contribution in [0.25, 0.3) is 28.2 Å². The summed E-state index contributed by atoms with van der Waals surface area (Å²) in [6.45, 7) is 0. The summed E-state index contributed by atoms with van der Waals surface area (Å²) >= 11 is 6.16. The minimum Gasteiger partial charge on any atom is -0.496 e. The second-order valence-corrected chi connectivity index (χ2v) is 7.55. The predicted molar refractivity (Wildman–Crippen MR) is 109 cm³/mol. The van der Waals surface area contributed by atoms with Crippen LogP contribution >= 0.6 is 24.0 Å². The molecule has 9 heteroatoms. The molecule has 0 saturated carbocycles. The molecule has 7 nitrogen and oxygen atoms in total. The molecule has 0 aliphatic carbocycles. The van der Waals surface area contributed by atoms with E-state index in [1.165, 1.54) is 24.9 Å². The van der Waals surface area contributed by atoms with Crippen molar-refractivity contribution in [1.29, 1.82) is 0 Å². The number of hydrogen-bond acceptors (Lipinski definition) is 7. The van der Waals surface area contributed by atoms with Gasteiger partial charge in [0.1, 0.15) is 27.0 Å². The summed E-state index contributed by atoms with van der Waals surface area (Å²) in [5.74, 6) is -0.608. The van der Waals surface area contributed by atoms with E-state index in [4.69, 9.17) is 21.4 Å². The van der Waals surface area contributed by atoms with E-state index in [1.807, 2.05) is 0 Å². The van der Waals surface area contributed by atoms with Gasteiger partial charge in [0.25, 0.3) is 5.91 Å². The van der Waals surface area contributed by atoms with Crippen LogP contribution in [0.2, 0.25) is 0 Å². The predicted octanol–water partition coefficient (Wildman–Crippen LogP) is 3.69. The third-order valence-electron chi connectivity index (χ3n) is 4.10. The monoisotopic (exact) mass is 412 g/mol. The van der Waals surface area contributed by atoms with Crippen molar-refractivity contribution in [3.8, 4) is 16.9 Å². The van der Waals surface area contributed by atoms with Gasteiger partial charge in [0.2, 0.25) is 0 Å². The van der Waals surface area contributed by atoms with E-state index in [2.05, 4.69) is 10.3 Å². The summed E-state index contributed by atoms with van der Waals surface area (Å²) in [6, 6.07) is 6.54. The number of hydrogen-bond donors (Lipinski definition) is 2. The second kappa shape index (κ2) is 7.10. The third kappa shape index (κ3) is 3.25. The fraction of sp³-hybridized carbons (Fsp3) is 0.0526. The highest BCUT2D eigenvalue weighted by Gasteiger charge is 2.23. The first-order chi connectivity index (χ1) is 13.5. The van der Waals surface area contributed by atoms with Crippen molar-refractivity contribution in [3.05, 3.63) is 52.9 Å². The minimum atomic E-state index is -1.07. The van der Waals surface area contributed by atoms with Crippen molar-refractivity contribution in [1.82, 2.24) is 10.3 Å². The van der Waals surface area contributed by atoms with Crippen molar-refractivity contribution in [2.24, 2.45) is 0 Å². The Morgan fingerprint density at radius 1 is 1.36 bits per heavy atom. The Balaban J connectivity index is 1.80. The number of amides is 1. The maximum atomic E-state index is 11.8. The first-order valence-electron chi connectivity index (χ1n) is 8.00. The van der Waals surface area contributed by atoms with Crippen molar-refractivity contribution in [2.75, 3.05) is 7.11 Å². The van der Waals surface area contributed by atoms with Gasteiger partial charge in [-0.25, -0.2) is 4.79 Å². The van der Waals surface area contributed by atoms with Crippen LogP contribution in [-0.2, 0) is 4.79 Å². The van der Waals surface area contributed by atoms with E-state index in [1.54, 1.807) is 36.7 Å². The second-order valence-electron chi connectivity index (χ2n) is 5.83. The van der Waals surface area contributed by atoms with Crippen LogP contribution in [0, 0.1) is 0 Å². The Kier molecular flexibility index (Phi) is 4.62. The van der Waals surface area contributed by atoms with E-state index in [0.717, 1.165) is 5.39 Å². The molecule has 2 N–H and O–H groups in total. The zero-order valence-corrected chi connectivity index (χ0v) is 16.0. The molecule has 0 bridgehead atoms. The van der Waals surface area contributed by atoms with Crippen LogP contribution in [0.3, 0.4) is 0 Å². The Morgan fingerprint density at radius 3 is 2.86 bits per heavy atom. The zero-order chi connectivity index (χ0) is 19.8. The number of furan rings is 1. The summed E-state index contributed by atoms with van der Waals surface area (Å²) in [7, 11) is 1.41. The number of carbonyl (C=O) groups excluding carboxylic acids is 1. The number of thiocarbonyl (C=S) groups is 1. The van der Waals surface area contributed by atoms with E-state index < -0.39 is 5.97 Å². The summed E-state index contributed by atoms with van der Waals surface area (Å²) < 4.78 is 11.5. The fourth-order valence-corrected chi connectivity index (χ4v) is 3.87. The lowest BCUT2D eigenvalue weighted by molar-refractivity contribution is -0.115. The molecule has 0 atom stereocenters. The number of ether oxygens (including phenoxy) is 1. The van der Waals surface area contributed by atoms with Crippen LogP contribution in [0.5, 0.6) is 5.75 Å². The smallest absolute Gasteiger partial charge is 0.339 e. The highest BCUT2D eigenvalue weighted by molar-refractivity contribution is 8.26. The van der Waals surface area contributed by atoms with E-state index in [-0.39, 0.29) is 17.2 Å². The number of nitrogens with one attached hydrogen (secondary N) is 1. The normalized spacial score (nSPS) is 15.2. The SMILES string of the molecule is COc1cc(-c2cncc3cc(/C=C4/SC(=S)NC4=O)oc23)ccc1C(=O)O. The number of thioether (sulfide) groups is 1.